The molecule has 2 aliphatic heterocycles. The van der Waals surface area contributed by atoms with Crippen molar-refractivity contribution in [3.8, 4) is 0 Å². The van der Waals surface area contributed by atoms with Gasteiger partial charge in [0, 0.05) is 31.6 Å². The summed E-state index contributed by atoms with van der Waals surface area (Å²) in [5, 5.41) is 0. The van der Waals surface area contributed by atoms with Crippen LogP contribution in [-0.2, 0) is 9.59 Å². The first kappa shape index (κ1) is 16.3. The zero-order valence-electron chi connectivity index (χ0n) is 14.2. The van der Waals surface area contributed by atoms with E-state index in [1.807, 2.05) is 18.7 Å². The van der Waals surface area contributed by atoms with Crippen molar-refractivity contribution in [2.45, 2.75) is 72.4 Å². The maximum absolute atomic E-state index is 12.8. The first-order valence-electron chi connectivity index (χ1n) is 8.29. The fourth-order valence-electron chi connectivity index (χ4n) is 3.68. The molecule has 0 aromatic carbocycles. The third-order valence-electron chi connectivity index (χ3n) is 4.64. The van der Waals surface area contributed by atoms with Gasteiger partial charge in [-0.05, 0) is 38.5 Å². The van der Waals surface area contributed by atoms with Crippen molar-refractivity contribution < 1.29 is 9.59 Å². The van der Waals surface area contributed by atoms with Crippen LogP contribution in [-0.4, -0.2) is 46.8 Å². The maximum Gasteiger partial charge on any atom is 0.228 e. The first-order valence-corrected chi connectivity index (χ1v) is 8.29. The summed E-state index contributed by atoms with van der Waals surface area (Å²) >= 11 is 0. The second kappa shape index (κ2) is 5.98. The Morgan fingerprint density at radius 3 is 2.52 bits per heavy atom. The molecule has 0 radical (unpaired) electrons. The molecule has 2 aliphatic rings. The fraction of sp³-hybridized carbons (Fsp3) is 0.882. The summed E-state index contributed by atoms with van der Waals surface area (Å²) in [6, 6.07) is 0.556. The van der Waals surface area contributed by atoms with Crippen LogP contribution in [0.4, 0.5) is 0 Å². The predicted molar refractivity (Wildman–Crippen MR) is 83.8 cm³/mol. The van der Waals surface area contributed by atoms with Crippen LogP contribution >= 0.6 is 0 Å². The molecular formula is C17H30N2O2. The molecule has 0 aromatic rings. The van der Waals surface area contributed by atoms with Crippen LogP contribution in [0.2, 0.25) is 0 Å². The van der Waals surface area contributed by atoms with E-state index in [1.165, 1.54) is 0 Å². The van der Waals surface area contributed by atoms with Crippen molar-refractivity contribution in [2.75, 3.05) is 13.1 Å². The molecule has 0 unspecified atom stereocenters. The number of likely N-dealkylation sites (tertiary alicyclic amines) is 2. The third kappa shape index (κ3) is 3.78. The molecule has 0 spiro atoms. The molecule has 2 rings (SSSR count). The van der Waals surface area contributed by atoms with Gasteiger partial charge in [0.25, 0.3) is 0 Å². The van der Waals surface area contributed by atoms with Crippen molar-refractivity contribution in [1.29, 1.82) is 0 Å². The van der Waals surface area contributed by atoms with Gasteiger partial charge in [-0.15, -0.1) is 0 Å². The normalized spacial score (nSPS) is 27.0. The highest BCUT2D eigenvalue weighted by Gasteiger charge is 2.40. The van der Waals surface area contributed by atoms with E-state index in [0.29, 0.717) is 19.0 Å². The van der Waals surface area contributed by atoms with Crippen LogP contribution in [0.3, 0.4) is 0 Å². The molecular weight excluding hydrogens is 264 g/mol. The van der Waals surface area contributed by atoms with Crippen LogP contribution in [0.1, 0.15) is 60.3 Å². The maximum atomic E-state index is 12.8. The van der Waals surface area contributed by atoms with Gasteiger partial charge in [-0.1, -0.05) is 20.8 Å². The molecule has 4 nitrogen and oxygen atoms in total. The molecule has 0 aromatic heterocycles. The molecule has 21 heavy (non-hydrogen) atoms. The summed E-state index contributed by atoms with van der Waals surface area (Å²) in [5.74, 6) is 0.216. The zero-order chi connectivity index (χ0) is 15.8. The molecule has 0 N–H and O–H groups in total. The second-order valence-corrected chi connectivity index (χ2v) is 8.13. The van der Waals surface area contributed by atoms with E-state index in [1.54, 1.807) is 0 Å². The van der Waals surface area contributed by atoms with Gasteiger partial charge in [-0.3, -0.25) is 9.59 Å². The fourth-order valence-corrected chi connectivity index (χ4v) is 3.68. The van der Waals surface area contributed by atoms with E-state index in [4.69, 9.17) is 0 Å². The van der Waals surface area contributed by atoms with Crippen LogP contribution in [0.25, 0.3) is 0 Å². The van der Waals surface area contributed by atoms with E-state index >= 15 is 0 Å². The van der Waals surface area contributed by atoms with Crippen LogP contribution in [0, 0.1) is 11.3 Å². The summed E-state index contributed by atoms with van der Waals surface area (Å²) in [6.45, 7) is 12.2. The topological polar surface area (TPSA) is 40.6 Å². The highest BCUT2D eigenvalue weighted by Crippen LogP contribution is 2.32. The van der Waals surface area contributed by atoms with Crippen LogP contribution in [0.15, 0.2) is 0 Å². The standard InChI is InChI=1S/C17H30N2O2/c1-12(2)19-11-13(9-15(19)20)16(21)18-8-6-7-14(18)10-17(3,4)5/h12-14H,6-11H2,1-5H3/t13-,14-/m1/s1. The number of hydrogen-bond donors (Lipinski definition) is 0. The van der Waals surface area contributed by atoms with E-state index in [0.717, 1.165) is 25.8 Å². The van der Waals surface area contributed by atoms with E-state index in [2.05, 4.69) is 25.7 Å². The minimum atomic E-state index is -0.125. The molecule has 2 saturated heterocycles. The minimum Gasteiger partial charge on any atom is -0.339 e. The highest BCUT2D eigenvalue weighted by atomic mass is 16.2. The molecule has 0 bridgehead atoms. The van der Waals surface area contributed by atoms with Crippen molar-refractivity contribution in [3.63, 3.8) is 0 Å². The zero-order valence-corrected chi connectivity index (χ0v) is 14.2. The third-order valence-corrected chi connectivity index (χ3v) is 4.64. The van der Waals surface area contributed by atoms with Crippen LogP contribution in [0.5, 0.6) is 0 Å². The molecule has 2 amide bonds. The van der Waals surface area contributed by atoms with E-state index < -0.39 is 0 Å². The Bertz CT molecular complexity index is 412. The lowest BCUT2D eigenvalue weighted by molar-refractivity contribution is -0.137. The molecule has 2 fully saturated rings. The lowest BCUT2D eigenvalue weighted by atomic mass is 9.87. The number of amides is 2. The molecule has 2 heterocycles. The van der Waals surface area contributed by atoms with Gasteiger partial charge < -0.3 is 9.80 Å². The van der Waals surface area contributed by atoms with Gasteiger partial charge in [0.05, 0.1) is 5.92 Å². The monoisotopic (exact) mass is 294 g/mol. The Balaban J connectivity index is 2.01. The number of nitrogens with zero attached hydrogens (tertiary/aromatic N) is 2. The summed E-state index contributed by atoms with van der Waals surface area (Å²) < 4.78 is 0. The molecule has 0 saturated carbocycles. The number of hydrogen-bond acceptors (Lipinski definition) is 2. The molecule has 2 atom stereocenters. The summed E-state index contributed by atoms with van der Waals surface area (Å²) in [5.41, 5.74) is 0.239. The summed E-state index contributed by atoms with van der Waals surface area (Å²) in [7, 11) is 0. The lowest BCUT2D eigenvalue weighted by Crippen LogP contribution is -2.42. The van der Waals surface area contributed by atoms with Gasteiger partial charge in [-0.2, -0.15) is 0 Å². The van der Waals surface area contributed by atoms with Gasteiger partial charge in [0.15, 0.2) is 0 Å². The largest absolute Gasteiger partial charge is 0.339 e. The van der Waals surface area contributed by atoms with Crippen molar-refractivity contribution >= 4 is 11.8 Å². The Morgan fingerprint density at radius 2 is 2.00 bits per heavy atom. The summed E-state index contributed by atoms with van der Waals surface area (Å²) in [6.07, 6.45) is 3.65. The van der Waals surface area contributed by atoms with Crippen molar-refractivity contribution in [1.82, 2.24) is 9.80 Å². The first-order chi connectivity index (χ1) is 9.69. The Hall–Kier alpha value is -1.06. The Labute approximate surface area is 128 Å². The minimum absolute atomic E-state index is 0.125. The average Bonchev–Trinajstić information content (AvgIpc) is 2.92. The lowest BCUT2D eigenvalue weighted by Gasteiger charge is -2.32. The van der Waals surface area contributed by atoms with Gasteiger partial charge in [-0.25, -0.2) is 0 Å². The second-order valence-electron chi connectivity index (χ2n) is 8.13. The molecule has 4 heteroatoms. The number of carbonyl (C=O) groups excluding carboxylic acids is 2. The van der Waals surface area contributed by atoms with Crippen molar-refractivity contribution in [3.05, 3.63) is 0 Å². The summed E-state index contributed by atoms with van der Waals surface area (Å²) in [4.78, 5) is 28.7. The quantitative estimate of drug-likeness (QED) is 0.803. The highest BCUT2D eigenvalue weighted by molar-refractivity contribution is 5.89. The van der Waals surface area contributed by atoms with Crippen LogP contribution < -0.4 is 0 Å². The van der Waals surface area contributed by atoms with Gasteiger partial charge in [0.2, 0.25) is 11.8 Å². The van der Waals surface area contributed by atoms with Crippen molar-refractivity contribution in [2.24, 2.45) is 11.3 Å². The number of carbonyl (C=O) groups is 2. The SMILES string of the molecule is CC(C)N1C[C@H](C(=O)N2CCC[C@@H]2CC(C)(C)C)CC1=O. The smallest absolute Gasteiger partial charge is 0.228 e. The predicted octanol–water partition coefficient (Wildman–Crippen LogP) is 2.67. The van der Waals surface area contributed by atoms with E-state index in [-0.39, 0.29) is 29.2 Å². The molecule has 120 valence electrons. The number of rotatable bonds is 3. The average molecular weight is 294 g/mol. The Kier molecular flexibility index (Phi) is 4.64. The van der Waals surface area contributed by atoms with E-state index in [9.17, 15) is 9.59 Å². The van der Waals surface area contributed by atoms with Gasteiger partial charge >= 0.3 is 0 Å². The molecule has 0 aliphatic carbocycles. The Morgan fingerprint density at radius 1 is 1.33 bits per heavy atom. The van der Waals surface area contributed by atoms with Gasteiger partial charge in [0.1, 0.15) is 0 Å².